The van der Waals surface area contributed by atoms with Crippen LogP contribution in [-0.2, 0) is 18.4 Å². The first-order valence-electron chi connectivity index (χ1n) is 7.78. The van der Waals surface area contributed by atoms with Crippen molar-refractivity contribution in [2.75, 3.05) is 18.5 Å². The lowest BCUT2D eigenvalue weighted by Crippen LogP contribution is -2.27. The number of halogens is 1. The van der Waals surface area contributed by atoms with Crippen LogP contribution < -0.4 is 4.90 Å². The predicted octanol–water partition coefficient (Wildman–Crippen LogP) is 2.47. The summed E-state index contributed by atoms with van der Waals surface area (Å²) in [5.41, 5.74) is 2.08. The molecule has 1 aromatic heterocycles. The SMILES string of the molecule is CN(Cc1cnn(C)c1)C(=O)c1ccc(Cl)c(N2CCCC2=O)c1. The van der Waals surface area contributed by atoms with Gasteiger partial charge in [-0.1, -0.05) is 11.6 Å². The van der Waals surface area contributed by atoms with E-state index in [1.165, 1.54) is 0 Å². The summed E-state index contributed by atoms with van der Waals surface area (Å²) in [4.78, 5) is 27.9. The van der Waals surface area contributed by atoms with Crippen LogP contribution in [0.3, 0.4) is 0 Å². The van der Waals surface area contributed by atoms with Gasteiger partial charge < -0.3 is 9.80 Å². The number of nitrogens with zero attached hydrogens (tertiary/aromatic N) is 4. The molecule has 1 aliphatic heterocycles. The summed E-state index contributed by atoms with van der Waals surface area (Å²) in [6.07, 6.45) is 4.95. The molecule has 2 aromatic rings. The maximum Gasteiger partial charge on any atom is 0.253 e. The van der Waals surface area contributed by atoms with E-state index in [0.717, 1.165) is 12.0 Å². The Hall–Kier alpha value is -2.34. The lowest BCUT2D eigenvalue weighted by molar-refractivity contribution is -0.117. The number of aryl methyl sites for hydroxylation is 1. The van der Waals surface area contributed by atoms with Crippen LogP contribution in [0, 0.1) is 0 Å². The number of amides is 2. The highest BCUT2D eigenvalue weighted by Crippen LogP contribution is 2.30. The van der Waals surface area contributed by atoms with Crippen molar-refractivity contribution in [2.45, 2.75) is 19.4 Å². The second-order valence-corrected chi connectivity index (χ2v) is 6.41. The third-order valence-electron chi connectivity index (χ3n) is 4.08. The van der Waals surface area contributed by atoms with E-state index in [1.54, 1.807) is 45.9 Å². The van der Waals surface area contributed by atoms with Gasteiger partial charge in [0, 0.05) is 50.9 Å². The van der Waals surface area contributed by atoms with Gasteiger partial charge in [-0.25, -0.2) is 0 Å². The molecule has 0 aliphatic carbocycles. The van der Waals surface area contributed by atoms with Gasteiger partial charge in [-0.05, 0) is 24.6 Å². The van der Waals surface area contributed by atoms with Gasteiger partial charge in [-0.2, -0.15) is 5.10 Å². The highest BCUT2D eigenvalue weighted by molar-refractivity contribution is 6.34. The van der Waals surface area contributed by atoms with Crippen molar-refractivity contribution in [3.05, 3.63) is 46.7 Å². The van der Waals surface area contributed by atoms with Crippen LogP contribution in [0.5, 0.6) is 0 Å². The number of hydrogen-bond donors (Lipinski definition) is 0. The van der Waals surface area contributed by atoms with Gasteiger partial charge in [0.05, 0.1) is 16.9 Å². The van der Waals surface area contributed by atoms with E-state index in [0.29, 0.717) is 35.8 Å². The molecular formula is C17H19ClN4O2. The summed E-state index contributed by atoms with van der Waals surface area (Å²) in [5.74, 6) is -0.0753. The zero-order valence-corrected chi connectivity index (χ0v) is 14.5. The maximum atomic E-state index is 12.7. The van der Waals surface area contributed by atoms with Gasteiger partial charge in [0.15, 0.2) is 0 Å². The molecule has 3 rings (SSSR count). The van der Waals surface area contributed by atoms with Crippen molar-refractivity contribution in [2.24, 2.45) is 7.05 Å². The number of hydrogen-bond acceptors (Lipinski definition) is 3. The number of carbonyl (C=O) groups is 2. The number of anilines is 1. The van der Waals surface area contributed by atoms with Crippen molar-refractivity contribution < 1.29 is 9.59 Å². The van der Waals surface area contributed by atoms with Crippen LogP contribution in [0.25, 0.3) is 0 Å². The molecule has 0 bridgehead atoms. The largest absolute Gasteiger partial charge is 0.337 e. The van der Waals surface area contributed by atoms with E-state index in [-0.39, 0.29) is 11.8 Å². The van der Waals surface area contributed by atoms with Gasteiger partial charge in [-0.3, -0.25) is 14.3 Å². The van der Waals surface area contributed by atoms with Crippen LogP contribution in [0.15, 0.2) is 30.6 Å². The Morgan fingerprint density at radius 3 is 2.83 bits per heavy atom. The summed E-state index contributed by atoms with van der Waals surface area (Å²) < 4.78 is 1.70. The first-order valence-corrected chi connectivity index (χ1v) is 8.16. The van der Waals surface area contributed by atoms with E-state index in [1.807, 2.05) is 13.2 Å². The highest BCUT2D eigenvalue weighted by Gasteiger charge is 2.25. The minimum Gasteiger partial charge on any atom is -0.337 e. The molecule has 1 aromatic carbocycles. The molecule has 24 heavy (non-hydrogen) atoms. The normalized spacial score (nSPS) is 14.3. The molecule has 2 amide bonds. The molecule has 7 heteroatoms. The molecule has 0 saturated carbocycles. The fourth-order valence-electron chi connectivity index (χ4n) is 2.87. The lowest BCUT2D eigenvalue weighted by Gasteiger charge is -2.20. The first kappa shape index (κ1) is 16.5. The Bertz CT molecular complexity index is 787. The third kappa shape index (κ3) is 3.28. The van der Waals surface area contributed by atoms with Crippen molar-refractivity contribution >= 4 is 29.1 Å². The number of benzene rings is 1. The molecule has 6 nitrogen and oxygen atoms in total. The van der Waals surface area contributed by atoms with Crippen molar-refractivity contribution in [3.63, 3.8) is 0 Å². The quantitative estimate of drug-likeness (QED) is 0.854. The molecule has 2 heterocycles. The van der Waals surface area contributed by atoms with E-state index >= 15 is 0 Å². The smallest absolute Gasteiger partial charge is 0.253 e. The Balaban J connectivity index is 1.80. The molecule has 1 aliphatic rings. The number of rotatable bonds is 4. The molecule has 0 radical (unpaired) electrons. The summed E-state index contributed by atoms with van der Waals surface area (Å²) in [6.45, 7) is 1.11. The molecule has 0 unspecified atom stereocenters. The molecule has 0 atom stereocenters. The molecule has 1 saturated heterocycles. The number of carbonyl (C=O) groups excluding carboxylic acids is 2. The topological polar surface area (TPSA) is 58.4 Å². The summed E-state index contributed by atoms with van der Waals surface area (Å²) in [7, 11) is 3.58. The van der Waals surface area contributed by atoms with Crippen molar-refractivity contribution in [1.82, 2.24) is 14.7 Å². The lowest BCUT2D eigenvalue weighted by atomic mass is 10.1. The van der Waals surface area contributed by atoms with Gasteiger partial charge in [0.1, 0.15) is 0 Å². The average molecular weight is 347 g/mol. The number of aromatic nitrogens is 2. The molecule has 0 N–H and O–H groups in total. The van der Waals surface area contributed by atoms with E-state index in [9.17, 15) is 9.59 Å². The van der Waals surface area contributed by atoms with E-state index in [2.05, 4.69) is 5.10 Å². The van der Waals surface area contributed by atoms with E-state index < -0.39 is 0 Å². The van der Waals surface area contributed by atoms with Crippen LogP contribution in [0.4, 0.5) is 5.69 Å². The third-order valence-corrected chi connectivity index (χ3v) is 4.40. The summed E-state index contributed by atoms with van der Waals surface area (Å²) in [6, 6.07) is 5.07. The Morgan fingerprint density at radius 2 is 2.21 bits per heavy atom. The minimum absolute atomic E-state index is 0.0465. The molecular weight excluding hydrogens is 328 g/mol. The Kier molecular flexibility index (Phi) is 4.57. The van der Waals surface area contributed by atoms with Crippen molar-refractivity contribution in [3.8, 4) is 0 Å². The second-order valence-electron chi connectivity index (χ2n) is 6.00. The molecule has 1 fully saturated rings. The Labute approximate surface area is 145 Å². The van der Waals surface area contributed by atoms with Gasteiger partial charge in [-0.15, -0.1) is 0 Å². The summed E-state index contributed by atoms with van der Waals surface area (Å²) in [5, 5.41) is 4.59. The standard InChI is InChI=1S/C17H19ClN4O2/c1-20(10-12-9-19-21(2)11-12)17(24)13-5-6-14(18)15(8-13)22-7-3-4-16(22)23/h5-6,8-9,11H,3-4,7,10H2,1-2H3. The Morgan fingerprint density at radius 1 is 1.42 bits per heavy atom. The molecule has 126 valence electrons. The minimum atomic E-state index is -0.122. The summed E-state index contributed by atoms with van der Waals surface area (Å²) >= 11 is 6.23. The van der Waals surface area contributed by atoms with Crippen LogP contribution in [-0.4, -0.2) is 40.1 Å². The highest BCUT2D eigenvalue weighted by atomic mass is 35.5. The zero-order valence-electron chi connectivity index (χ0n) is 13.7. The average Bonchev–Trinajstić information content (AvgIpc) is 3.15. The zero-order chi connectivity index (χ0) is 17.3. The fourth-order valence-corrected chi connectivity index (χ4v) is 3.09. The monoisotopic (exact) mass is 346 g/mol. The fraction of sp³-hybridized carbons (Fsp3) is 0.353. The van der Waals surface area contributed by atoms with E-state index in [4.69, 9.17) is 11.6 Å². The maximum absolute atomic E-state index is 12.7. The van der Waals surface area contributed by atoms with Gasteiger partial charge >= 0.3 is 0 Å². The predicted molar refractivity (Wildman–Crippen MR) is 92.0 cm³/mol. The first-order chi connectivity index (χ1) is 11.5. The van der Waals surface area contributed by atoms with Crippen molar-refractivity contribution in [1.29, 1.82) is 0 Å². The molecule has 0 spiro atoms. The van der Waals surface area contributed by atoms with Gasteiger partial charge in [0.25, 0.3) is 5.91 Å². The van der Waals surface area contributed by atoms with Crippen LogP contribution in [0.2, 0.25) is 5.02 Å². The van der Waals surface area contributed by atoms with Crippen LogP contribution >= 0.6 is 11.6 Å². The van der Waals surface area contributed by atoms with Crippen LogP contribution in [0.1, 0.15) is 28.8 Å². The van der Waals surface area contributed by atoms with Gasteiger partial charge in [0.2, 0.25) is 5.91 Å². The second kappa shape index (κ2) is 6.65.